The predicted molar refractivity (Wildman–Crippen MR) is 75.1 cm³/mol. The first-order valence-corrected chi connectivity index (χ1v) is 6.31. The largest absolute Gasteiger partial charge is 2.00 e. The predicted octanol–water partition coefficient (Wildman–Crippen LogP) is -0.712. The van der Waals surface area contributed by atoms with Crippen LogP contribution in [0.3, 0.4) is 0 Å². The van der Waals surface area contributed by atoms with E-state index in [-0.39, 0.29) is 41.1 Å². The zero-order valence-electron chi connectivity index (χ0n) is 10.5. The third-order valence-electron chi connectivity index (χ3n) is 2.38. The number of halogens is 2. The second-order valence-electron chi connectivity index (χ2n) is 3.75. The molecule has 1 radical (unpaired) electrons. The van der Waals surface area contributed by atoms with Crippen molar-refractivity contribution in [1.82, 2.24) is 5.43 Å². The Balaban J connectivity index is 0.00000200. The Kier molecular flexibility index (Phi) is 8.97. The number of benzene rings is 2. The summed E-state index contributed by atoms with van der Waals surface area (Å²) in [5, 5.41) is 15.3. The number of amides is 1. The van der Waals surface area contributed by atoms with E-state index in [1.54, 1.807) is 36.4 Å². The van der Waals surface area contributed by atoms with Gasteiger partial charge in [0.15, 0.2) is 0 Å². The number of nitrogens with zero attached hydrogens (tertiary/aromatic N) is 1. The monoisotopic (exact) mass is 415 g/mol. The molecule has 2 aromatic rings. The Bertz CT molecular complexity index is 624. The van der Waals surface area contributed by atoms with Gasteiger partial charge in [-0.15, -0.1) is 0 Å². The van der Waals surface area contributed by atoms with Gasteiger partial charge in [-0.25, -0.2) is 5.43 Å². The van der Waals surface area contributed by atoms with E-state index in [2.05, 4.69) is 26.5 Å². The van der Waals surface area contributed by atoms with Crippen molar-refractivity contribution in [2.75, 3.05) is 0 Å². The van der Waals surface area contributed by atoms with Crippen molar-refractivity contribution < 1.29 is 39.4 Å². The molecule has 0 aromatic heterocycles. The molecule has 0 aliphatic heterocycles. The van der Waals surface area contributed by atoms with Gasteiger partial charge in [-0.2, -0.15) is 5.10 Å². The standard InChI is InChI=1S/C14H11BrN2O2.ClH.Cu/c15-12-6-7-13(18)11(8-12)9-16-17-14(19)10-4-2-1-3-5-10;;/h1-9,18H,(H,17,19);1H;/q;;+2/p-2/b16-9+;;. The fourth-order valence-corrected chi connectivity index (χ4v) is 1.81. The first-order chi connectivity index (χ1) is 9.16. The van der Waals surface area contributed by atoms with E-state index in [1.807, 2.05) is 6.07 Å². The molecular formula is C14H10BrClCuN2O2. The summed E-state index contributed by atoms with van der Waals surface area (Å²) < 4.78 is 0.780. The minimum Gasteiger partial charge on any atom is -1.00 e. The van der Waals surface area contributed by atoms with Gasteiger partial charge in [0.2, 0.25) is 0 Å². The van der Waals surface area contributed by atoms with E-state index < -0.39 is 0 Å². The van der Waals surface area contributed by atoms with Crippen molar-refractivity contribution in [2.45, 2.75) is 0 Å². The van der Waals surface area contributed by atoms with Crippen LogP contribution in [-0.4, -0.2) is 12.1 Å². The van der Waals surface area contributed by atoms with Gasteiger partial charge in [0.05, 0.1) is 6.21 Å². The van der Waals surface area contributed by atoms with E-state index in [1.165, 1.54) is 12.3 Å². The van der Waals surface area contributed by atoms with Crippen LogP contribution < -0.4 is 22.9 Å². The minimum atomic E-state index is -0.320. The molecule has 2 rings (SSSR count). The molecule has 1 amide bonds. The number of nitrogens with one attached hydrogen (secondary N) is 1. The molecule has 0 saturated heterocycles. The van der Waals surface area contributed by atoms with Crippen molar-refractivity contribution in [3.05, 3.63) is 64.1 Å². The van der Waals surface area contributed by atoms with E-state index in [0.29, 0.717) is 11.1 Å². The van der Waals surface area contributed by atoms with Gasteiger partial charge in [0.25, 0.3) is 5.91 Å². The Morgan fingerprint density at radius 1 is 1.19 bits per heavy atom. The third kappa shape index (κ3) is 5.89. The summed E-state index contributed by atoms with van der Waals surface area (Å²) >= 11 is 3.27. The molecule has 1 N–H and O–H groups in total. The Morgan fingerprint density at radius 2 is 1.86 bits per heavy atom. The first-order valence-electron chi connectivity index (χ1n) is 5.52. The van der Waals surface area contributed by atoms with Crippen LogP contribution >= 0.6 is 15.9 Å². The molecule has 0 aliphatic carbocycles. The Hall–Kier alpha value is -1.33. The topological polar surface area (TPSA) is 64.5 Å². The van der Waals surface area contributed by atoms with Crippen LogP contribution in [0, 0.1) is 0 Å². The van der Waals surface area contributed by atoms with Crippen LogP contribution in [0.1, 0.15) is 15.9 Å². The second-order valence-corrected chi connectivity index (χ2v) is 4.66. The molecule has 113 valence electrons. The third-order valence-corrected chi connectivity index (χ3v) is 2.87. The summed E-state index contributed by atoms with van der Waals surface area (Å²) in [6.07, 6.45) is 1.33. The quantitative estimate of drug-likeness (QED) is 0.408. The Morgan fingerprint density at radius 3 is 2.52 bits per heavy atom. The molecule has 4 nitrogen and oxygen atoms in total. The smallest absolute Gasteiger partial charge is 1.00 e. The van der Waals surface area contributed by atoms with Crippen molar-refractivity contribution in [3.8, 4) is 5.75 Å². The number of hydrogen-bond acceptors (Lipinski definition) is 3. The molecule has 0 unspecified atom stereocenters. The molecule has 0 aliphatic rings. The van der Waals surface area contributed by atoms with Gasteiger partial charge in [0.1, 0.15) is 0 Å². The normalized spacial score (nSPS) is 9.57. The summed E-state index contributed by atoms with van der Waals surface area (Å²) in [6.45, 7) is 0. The van der Waals surface area contributed by atoms with Gasteiger partial charge < -0.3 is 17.5 Å². The number of carbonyl (C=O) groups is 1. The van der Waals surface area contributed by atoms with E-state index in [4.69, 9.17) is 0 Å². The first kappa shape index (κ1) is 19.7. The molecule has 0 fully saturated rings. The molecule has 0 heterocycles. The summed E-state index contributed by atoms with van der Waals surface area (Å²) in [4.78, 5) is 11.7. The van der Waals surface area contributed by atoms with Gasteiger partial charge in [-0.1, -0.05) is 45.9 Å². The number of carbonyl (C=O) groups excluding carboxylic acids is 1. The zero-order chi connectivity index (χ0) is 13.7. The summed E-state index contributed by atoms with van der Waals surface area (Å²) in [5.41, 5.74) is 3.29. The molecule has 2 aromatic carbocycles. The van der Waals surface area contributed by atoms with Gasteiger partial charge in [-0.3, -0.25) is 4.79 Å². The van der Waals surface area contributed by atoms with Crippen LogP contribution in [-0.2, 0) is 17.1 Å². The molecule has 0 saturated carbocycles. The van der Waals surface area contributed by atoms with Crippen molar-refractivity contribution in [3.63, 3.8) is 0 Å². The SMILES string of the molecule is O=C(N/N=C/c1cc(Br)ccc1[O-])c1ccccc1.[Cl-].[Cu+2]. The van der Waals surface area contributed by atoms with Crippen LogP contribution in [0.2, 0.25) is 0 Å². The van der Waals surface area contributed by atoms with Crippen LogP contribution in [0.15, 0.2) is 58.1 Å². The molecule has 7 heteroatoms. The van der Waals surface area contributed by atoms with Crippen LogP contribution in [0.4, 0.5) is 0 Å². The summed E-state index contributed by atoms with van der Waals surface area (Å²) in [6, 6.07) is 13.5. The van der Waals surface area contributed by atoms with Crippen molar-refractivity contribution in [1.29, 1.82) is 0 Å². The number of rotatable bonds is 3. The minimum absolute atomic E-state index is 0. The summed E-state index contributed by atoms with van der Waals surface area (Å²) in [5.74, 6) is -0.472. The maximum atomic E-state index is 11.7. The average Bonchev–Trinajstić information content (AvgIpc) is 2.43. The maximum Gasteiger partial charge on any atom is 2.00 e. The summed E-state index contributed by atoms with van der Waals surface area (Å²) in [7, 11) is 0. The molecule has 21 heavy (non-hydrogen) atoms. The average molecular weight is 417 g/mol. The van der Waals surface area contributed by atoms with Crippen LogP contribution in [0.25, 0.3) is 0 Å². The molecule has 0 spiro atoms. The van der Waals surface area contributed by atoms with Crippen LogP contribution in [0.5, 0.6) is 5.75 Å². The molecule has 0 bridgehead atoms. The van der Waals surface area contributed by atoms with Gasteiger partial charge in [-0.05, 0) is 29.8 Å². The van der Waals surface area contributed by atoms with E-state index >= 15 is 0 Å². The fourth-order valence-electron chi connectivity index (χ4n) is 1.43. The fraction of sp³-hybridized carbons (Fsp3) is 0. The second kappa shape index (κ2) is 9.58. The molecular weight excluding hydrogens is 407 g/mol. The van der Waals surface area contributed by atoms with Gasteiger partial charge >= 0.3 is 17.1 Å². The number of hydrazone groups is 1. The zero-order valence-corrected chi connectivity index (χ0v) is 13.8. The number of hydrogen-bond donors (Lipinski definition) is 1. The Labute approximate surface area is 147 Å². The maximum absolute atomic E-state index is 11.7. The van der Waals surface area contributed by atoms with Gasteiger partial charge in [0, 0.05) is 10.0 Å². The van der Waals surface area contributed by atoms with Crippen molar-refractivity contribution in [2.24, 2.45) is 5.10 Å². The van der Waals surface area contributed by atoms with E-state index in [0.717, 1.165) is 4.47 Å². The van der Waals surface area contributed by atoms with Crippen molar-refractivity contribution >= 4 is 28.1 Å². The molecule has 0 atom stereocenters. The van der Waals surface area contributed by atoms with E-state index in [9.17, 15) is 9.90 Å².